The zero-order chi connectivity index (χ0) is 20.0. The molecule has 8 heteroatoms. The van der Waals surface area contributed by atoms with Crippen molar-refractivity contribution in [3.8, 4) is 0 Å². The Morgan fingerprint density at radius 2 is 2.10 bits per heavy atom. The van der Waals surface area contributed by atoms with E-state index in [0.717, 1.165) is 70.1 Å². The van der Waals surface area contributed by atoms with Crippen molar-refractivity contribution < 1.29 is 13.9 Å². The van der Waals surface area contributed by atoms with Crippen LogP contribution in [0.2, 0.25) is 0 Å². The normalized spacial score (nSPS) is 16.7. The third-order valence-electron chi connectivity index (χ3n) is 4.54. The number of guanidine groups is 1. The van der Waals surface area contributed by atoms with Gasteiger partial charge in [0.25, 0.3) is 0 Å². The van der Waals surface area contributed by atoms with Crippen LogP contribution in [0.15, 0.2) is 29.3 Å². The number of rotatable bonds is 12. The average Bonchev–Trinajstić information content (AvgIpc) is 3.20. The van der Waals surface area contributed by atoms with Gasteiger partial charge in [0, 0.05) is 45.9 Å². The van der Waals surface area contributed by atoms with E-state index in [2.05, 4.69) is 34.5 Å². The van der Waals surface area contributed by atoms with E-state index in [0.29, 0.717) is 13.2 Å². The molecule has 1 aromatic rings. The Morgan fingerprint density at radius 3 is 2.79 bits per heavy atom. The fraction of sp³-hybridized carbons (Fsp3) is 0.667. The van der Waals surface area contributed by atoms with E-state index in [1.165, 1.54) is 12.1 Å². The van der Waals surface area contributed by atoms with Crippen molar-refractivity contribution in [2.45, 2.75) is 38.8 Å². The highest BCUT2D eigenvalue weighted by molar-refractivity contribution is 14.0. The first kappa shape index (κ1) is 26.1. The molecular formula is C21H36FIN4O2. The van der Waals surface area contributed by atoms with Crippen molar-refractivity contribution in [2.75, 3.05) is 53.0 Å². The van der Waals surface area contributed by atoms with E-state index < -0.39 is 0 Å². The maximum atomic E-state index is 13.0. The molecule has 0 aliphatic carbocycles. The van der Waals surface area contributed by atoms with Gasteiger partial charge in [-0.25, -0.2) is 4.39 Å². The number of ether oxygens (including phenoxy) is 2. The average molecular weight is 522 g/mol. The van der Waals surface area contributed by atoms with Crippen LogP contribution in [-0.4, -0.2) is 70.0 Å². The Kier molecular flexibility index (Phi) is 14.2. The summed E-state index contributed by atoms with van der Waals surface area (Å²) in [6.07, 6.45) is 3.44. The fourth-order valence-corrected chi connectivity index (χ4v) is 3.04. The fourth-order valence-electron chi connectivity index (χ4n) is 3.04. The lowest BCUT2D eigenvalue weighted by Gasteiger charge is -2.18. The van der Waals surface area contributed by atoms with Crippen LogP contribution < -0.4 is 10.6 Å². The van der Waals surface area contributed by atoms with Gasteiger partial charge in [-0.2, -0.15) is 0 Å². The highest BCUT2D eigenvalue weighted by atomic mass is 127. The molecule has 1 unspecified atom stereocenters. The molecule has 1 fully saturated rings. The summed E-state index contributed by atoms with van der Waals surface area (Å²) in [6.45, 7) is 8.34. The maximum Gasteiger partial charge on any atom is 0.191 e. The predicted octanol–water partition coefficient (Wildman–Crippen LogP) is 3.02. The SMILES string of the molecule is CCNC(=NCCCOCC1CCCO1)NCCN(C)Cc1ccc(F)cc1.I. The molecule has 1 aliphatic rings. The van der Waals surface area contributed by atoms with Gasteiger partial charge in [0.1, 0.15) is 5.82 Å². The van der Waals surface area contributed by atoms with Crippen LogP contribution in [0.4, 0.5) is 4.39 Å². The van der Waals surface area contributed by atoms with Crippen LogP contribution in [0.25, 0.3) is 0 Å². The van der Waals surface area contributed by atoms with Crippen molar-refractivity contribution >= 4 is 29.9 Å². The smallest absolute Gasteiger partial charge is 0.191 e. The topological polar surface area (TPSA) is 58.1 Å². The molecule has 1 atom stereocenters. The van der Waals surface area contributed by atoms with Crippen molar-refractivity contribution in [3.05, 3.63) is 35.6 Å². The Morgan fingerprint density at radius 1 is 1.31 bits per heavy atom. The quantitative estimate of drug-likeness (QED) is 0.191. The molecule has 0 aromatic heterocycles. The standard InChI is InChI=1S/C21H35FN4O2.HI/c1-3-23-21(24-11-5-14-27-17-20-6-4-15-28-20)25-12-13-26(2)16-18-7-9-19(22)10-8-18;/h7-10,20H,3-6,11-17H2,1-2H3,(H2,23,24,25);1H. The molecule has 0 bridgehead atoms. The molecule has 2 rings (SSSR count). The monoisotopic (exact) mass is 522 g/mol. The number of nitrogens with zero attached hydrogens (tertiary/aromatic N) is 2. The summed E-state index contributed by atoms with van der Waals surface area (Å²) >= 11 is 0. The summed E-state index contributed by atoms with van der Waals surface area (Å²) in [5.41, 5.74) is 1.10. The molecule has 1 aliphatic heterocycles. The lowest BCUT2D eigenvalue weighted by atomic mass is 10.2. The summed E-state index contributed by atoms with van der Waals surface area (Å²) in [5.74, 6) is 0.633. The minimum absolute atomic E-state index is 0. The second-order valence-electron chi connectivity index (χ2n) is 7.12. The second kappa shape index (κ2) is 15.8. The number of benzene rings is 1. The Balaban J connectivity index is 0.00000420. The lowest BCUT2D eigenvalue weighted by molar-refractivity contribution is 0.0171. The summed E-state index contributed by atoms with van der Waals surface area (Å²) in [7, 11) is 2.06. The van der Waals surface area contributed by atoms with Crippen LogP contribution in [0, 0.1) is 5.82 Å². The molecule has 1 aromatic carbocycles. The van der Waals surface area contributed by atoms with Crippen molar-refractivity contribution in [1.29, 1.82) is 0 Å². The molecule has 0 spiro atoms. The zero-order valence-electron chi connectivity index (χ0n) is 17.7. The van der Waals surface area contributed by atoms with E-state index in [-0.39, 0.29) is 35.9 Å². The Bertz CT molecular complexity index is 568. The van der Waals surface area contributed by atoms with Gasteiger partial charge in [-0.1, -0.05) is 12.1 Å². The molecule has 1 saturated heterocycles. The summed E-state index contributed by atoms with van der Waals surface area (Å²) in [5, 5.41) is 6.62. The third kappa shape index (κ3) is 11.7. The zero-order valence-corrected chi connectivity index (χ0v) is 20.0. The van der Waals surface area contributed by atoms with Gasteiger partial charge in [-0.15, -0.1) is 24.0 Å². The van der Waals surface area contributed by atoms with Gasteiger partial charge < -0.3 is 25.0 Å². The predicted molar refractivity (Wildman–Crippen MR) is 127 cm³/mol. The Labute approximate surface area is 191 Å². The largest absolute Gasteiger partial charge is 0.379 e. The van der Waals surface area contributed by atoms with Gasteiger partial charge in [-0.05, 0) is 50.9 Å². The van der Waals surface area contributed by atoms with Gasteiger partial charge >= 0.3 is 0 Å². The molecule has 2 N–H and O–H groups in total. The van der Waals surface area contributed by atoms with Gasteiger partial charge in [0.2, 0.25) is 0 Å². The number of hydrogen-bond acceptors (Lipinski definition) is 4. The van der Waals surface area contributed by atoms with Crippen molar-refractivity contribution in [2.24, 2.45) is 4.99 Å². The van der Waals surface area contributed by atoms with E-state index in [1.807, 2.05) is 12.1 Å². The van der Waals surface area contributed by atoms with Crippen LogP contribution in [0.5, 0.6) is 0 Å². The molecule has 0 radical (unpaired) electrons. The highest BCUT2D eigenvalue weighted by Crippen LogP contribution is 2.11. The number of halogens is 2. The van der Waals surface area contributed by atoms with Gasteiger partial charge in [-0.3, -0.25) is 4.99 Å². The van der Waals surface area contributed by atoms with E-state index in [4.69, 9.17) is 9.47 Å². The number of nitrogens with one attached hydrogen (secondary N) is 2. The summed E-state index contributed by atoms with van der Waals surface area (Å²) in [4.78, 5) is 6.79. The Hall–Kier alpha value is -0.970. The van der Waals surface area contributed by atoms with Crippen molar-refractivity contribution in [1.82, 2.24) is 15.5 Å². The van der Waals surface area contributed by atoms with E-state index in [1.54, 1.807) is 0 Å². The number of hydrogen-bond donors (Lipinski definition) is 2. The minimum atomic E-state index is -0.197. The maximum absolute atomic E-state index is 13.0. The number of aliphatic imine (C=N–C) groups is 1. The minimum Gasteiger partial charge on any atom is -0.379 e. The van der Waals surface area contributed by atoms with Crippen molar-refractivity contribution in [3.63, 3.8) is 0 Å². The highest BCUT2D eigenvalue weighted by Gasteiger charge is 2.14. The van der Waals surface area contributed by atoms with E-state index >= 15 is 0 Å². The summed E-state index contributed by atoms with van der Waals surface area (Å²) < 4.78 is 24.2. The van der Waals surface area contributed by atoms with Crippen LogP contribution in [-0.2, 0) is 16.0 Å². The molecule has 6 nitrogen and oxygen atoms in total. The first-order valence-electron chi connectivity index (χ1n) is 10.3. The second-order valence-corrected chi connectivity index (χ2v) is 7.12. The van der Waals surface area contributed by atoms with Crippen LogP contribution in [0.3, 0.4) is 0 Å². The number of likely N-dealkylation sites (N-methyl/N-ethyl adjacent to an activating group) is 1. The molecular weight excluding hydrogens is 486 g/mol. The molecule has 166 valence electrons. The first-order valence-corrected chi connectivity index (χ1v) is 10.3. The van der Waals surface area contributed by atoms with Crippen LogP contribution in [0.1, 0.15) is 31.7 Å². The van der Waals surface area contributed by atoms with Crippen LogP contribution >= 0.6 is 24.0 Å². The first-order chi connectivity index (χ1) is 13.7. The summed E-state index contributed by atoms with van der Waals surface area (Å²) in [6, 6.07) is 6.65. The lowest BCUT2D eigenvalue weighted by Crippen LogP contribution is -2.41. The third-order valence-corrected chi connectivity index (χ3v) is 4.54. The molecule has 0 saturated carbocycles. The molecule has 29 heavy (non-hydrogen) atoms. The van der Waals surface area contributed by atoms with Gasteiger partial charge in [0.15, 0.2) is 5.96 Å². The van der Waals surface area contributed by atoms with Gasteiger partial charge in [0.05, 0.1) is 12.7 Å². The van der Waals surface area contributed by atoms with E-state index in [9.17, 15) is 4.39 Å². The molecule has 1 heterocycles. The molecule has 0 amide bonds.